The molecule has 2 N–H and O–H groups in total. The summed E-state index contributed by atoms with van der Waals surface area (Å²) in [4.78, 5) is 39.6. The van der Waals surface area contributed by atoms with E-state index in [0.717, 1.165) is 30.0 Å². The number of rotatable bonds is 6. The molecule has 4 rings (SSSR count). The zero-order valence-corrected chi connectivity index (χ0v) is 18.5. The van der Waals surface area contributed by atoms with Crippen LogP contribution in [0.2, 0.25) is 0 Å². The van der Waals surface area contributed by atoms with Crippen LogP contribution in [0.3, 0.4) is 0 Å². The lowest BCUT2D eigenvalue weighted by Gasteiger charge is -2.29. The first kappa shape index (κ1) is 22.1. The zero-order valence-electron chi connectivity index (χ0n) is 17.7. The third-order valence-electron chi connectivity index (χ3n) is 5.98. The van der Waals surface area contributed by atoms with Crippen molar-refractivity contribution >= 4 is 40.9 Å². The van der Waals surface area contributed by atoms with E-state index in [0.29, 0.717) is 24.3 Å². The lowest BCUT2D eigenvalue weighted by molar-refractivity contribution is -0.146. The number of benzene rings is 2. The third-order valence-corrected chi connectivity index (χ3v) is 6.98. The Morgan fingerprint density at radius 3 is 2.47 bits per heavy atom. The summed E-state index contributed by atoms with van der Waals surface area (Å²) in [5.74, 6) is -2.06. The van der Waals surface area contributed by atoms with Crippen LogP contribution in [-0.2, 0) is 20.8 Å². The van der Waals surface area contributed by atoms with Crippen LogP contribution in [-0.4, -0.2) is 35.2 Å². The fourth-order valence-electron chi connectivity index (χ4n) is 4.26. The molecule has 2 amide bonds. The summed E-state index contributed by atoms with van der Waals surface area (Å²) < 4.78 is 0. The molecule has 0 spiro atoms. The molecular formula is C25H26N2O4S. The van der Waals surface area contributed by atoms with Gasteiger partial charge in [-0.05, 0) is 61.6 Å². The van der Waals surface area contributed by atoms with Gasteiger partial charge >= 0.3 is 5.97 Å². The number of amides is 2. The highest BCUT2D eigenvalue weighted by atomic mass is 32.2. The number of carboxylic acid groups (broad SMARTS) is 1. The SMILES string of the molecule is O=C(O)C1CC=CCC1C(=O)Nc1ccc(SCC(=O)N2CCCc3ccccc32)cc1. The van der Waals surface area contributed by atoms with E-state index in [9.17, 15) is 19.5 Å². The van der Waals surface area contributed by atoms with Gasteiger partial charge < -0.3 is 15.3 Å². The Kier molecular flexibility index (Phi) is 6.95. The Labute approximate surface area is 191 Å². The molecule has 0 radical (unpaired) electrons. The molecule has 1 aliphatic heterocycles. The molecule has 166 valence electrons. The van der Waals surface area contributed by atoms with E-state index in [-0.39, 0.29) is 11.8 Å². The molecule has 2 aliphatic rings. The molecule has 0 fully saturated rings. The molecule has 2 aromatic rings. The number of para-hydroxylation sites is 1. The monoisotopic (exact) mass is 450 g/mol. The van der Waals surface area contributed by atoms with Gasteiger partial charge in [0, 0.05) is 22.8 Å². The molecule has 1 aliphatic carbocycles. The maximum Gasteiger partial charge on any atom is 0.307 e. The van der Waals surface area contributed by atoms with E-state index in [1.165, 1.54) is 17.3 Å². The van der Waals surface area contributed by atoms with Crippen LogP contribution in [0.1, 0.15) is 24.8 Å². The van der Waals surface area contributed by atoms with Crippen LogP contribution in [0.4, 0.5) is 11.4 Å². The van der Waals surface area contributed by atoms with Gasteiger partial charge in [0.15, 0.2) is 0 Å². The molecule has 2 unspecified atom stereocenters. The van der Waals surface area contributed by atoms with E-state index in [2.05, 4.69) is 11.4 Å². The van der Waals surface area contributed by atoms with Crippen molar-refractivity contribution in [2.24, 2.45) is 11.8 Å². The molecule has 32 heavy (non-hydrogen) atoms. The molecule has 1 heterocycles. The highest BCUT2D eigenvalue weighted by Crippen LogP contribution is 2.30. The van der Waals surface area contributed by atoms with Crippen molar-refractivity contribution in [3.05, 3.63) is 66.2 Å². The number of carbonyl (C=O) groups is 3. The van der Waals surface area contributed by atoms with Gasteiger partial charge in [-0.25, -0.2) is 0 Å². The van der Waals surface area contributed by atoms with Crippen molar-refractivity contribution < 1.29 is 19.5 Å². The maximum absolute atomic E-state index is 12.8. The Morgan fingerprint density at radius 2 is 1.72 bits per heavy atom. The highest BCUT2D eigenvalue weighted by Gasteiger charge is 2.34. The van der Waals surface area contributed by atoms with Gasteiger partial charge in [0.2, 0.25) is 11.8 Å². The normalized spacial score (nSPS) is 19.8. The van der Waals surface area contributed by atoms with Gasteiger partial charge in [0.25, 0.3) is 0 Å². The van der Waals surface area contributed by atoms with Crippen LogP contribution in [0.15, 0.2) is 65.6 Å². The number of nitrogens with zero attached hydrogens (tertiary/aromatic N) is 1. The Bertz CT molecular complexity index is 1030. The number of allylic oxidation sites excluding steroid dienone is 2. The minimum atomic E-state index is -0.942. The van der Waals surface area contributed by atoms with Crippen LogP contribution >= 0.6 is 11.8 Å². The van der Waals surface area contributed by atoms with Gasteiger partial charge in [-0.1, -0.05) is 30.4 Å². The average molecular weight is 451 g/mol. The topological polar surface area (TPSA) is 86.7 Å². The van der Waals surface area contributed by atoms with E-state index in [1.54, 1.807) is 12.1 Å². The van der Waals surface area contributed by atoms with Gasteiger partial charge in [-0.2, -0.15) is 0 Å². The zero-order chi connectivity index (χ0) is 22.5. The Balaban J connectivity index is 1.32. The minimum absolute atomic E-state index is 0.0876. The van der Waals surface area contributed by atoms with Crippen molar-refractivity contribution in [2.75, 3.05) is 22.5 Å². The van der Waals surface area contributed by atoms with Crippen molar-refractivity contribution in [1.82, 2.24) is 0 Å². The first-order valence-corrected chi connectivity index (χ1v) is 11.8. The molecule has 7 heteroatoms. The Hall–Kier alpha value is -3.06. The molecule has 0 aromatic heterocycles. The van der Waals surface area contributed by atoms with Crippen molar-refractivity contribution in [2.45, 2.75) is 30.6 Å². The summed E-state index contributed by atoms with van der Waals surface area (Å²) in [5.41, 5.74) is 2.85. The number of hydrogen-bond donors (Lipinski definition) is 2. The number of thioether (sulfide) groups is 1. The maximum atomic E-state index is 12.8. The predicted molar refractivity (Wildman–Crippen MR) is 126 cm³/mol. The lowest BCUT2D eigenvalue weighted by atomic mass is 9.82. The van der Waals surface area contributed by atoms with E-state index in [1.807, 2.05) is 47.4 Å². The Morgan fingerprint density at radius 1 is 1.00 bits per heavy atom. The van der Waals surface area contributed by atoms with Crippen LogP contribution in [0.25, 0.3) is 0 Å². The number of aliphatic carboxylic acids is 1. The van der Waals surface area contributed by atoms with Gasteiger partial charge in [-0.15, -0.1) is 11.8 Å². The third kappa shape index (κ3) is 5.05. The summed E-state index contributed by atoms with van der Waals surface area (Å²) in [6, 6.07) is 15.4. The second-order valence-electron chi connectivity index (χ2n) is 8.07. The molecular weight excluding hydrogens is 424 g/mol. The van der Waals surface area contributed by atoms with Crippen molar-refractivity contribution in [3.63, 3.8) is 0 Å². The number of hydrogen-bond acceptors (Lipinski definition) is 4. The summed E-state index contributed by atoms with van der Waals surface area (Å²) in [6.45, 7) is 0.745. The molecule has 6 nitrogen and oxygen atoms in total. The second-order valence-corrected chi connectivity index (χ2v) is 9.12. The predicted octanol–water partition coefficient (Wildman–Crippen LogP) is 4.36. The molecule has 2 atom stereocenters. The van der Waals surface area contributed by atoms with E-state index < -0.39 is 17.8 Å². The van der Waals surface area contributed by atoms with E-state index >= 15 is 0 Å². The first-order valence-electron chi connectivity index (χ1n) is 10.8. The summed E-state index contributed by atoms with van der Waals surface area (Å²) >= 11 is 1.47. The number of aryl methyl sites for hydroxylation is 1. The molecule has 0 saturated carbocycles. The first-order chi connectivity index (χ1) is 15.5. The van der Waals surface area contributed by atoms with Crippen molar-refractivity contribution in [1.29, 1.82) is 0 Å². The fraction of sp³-hybridized carbons (Fsp3) is 0.320. The summed E-state index contributed by atoms with van der Waals surface area (Å²) in [5, 5.41) is 12.2. The smallest absolute Gasteiger partial charge is 0.307 e. The van der Waals surface area contributed by atoms with E-state index in [4.69, 9.17) is 0 Å². The number of nitrogens with one attached hydrogen (secondary N) is 1. The van der Waals surface area contributed by atoms with Crippen LogP contribution < -0.4 is 10.2 Å². The lowest BCUT2D eigenvalue weighted by Crippen LogP contribution is -2.36. The van der Waals surface area contributed by atoms with Gasteiger partial charge in [0.05, 0.1) is 17.6 Å². The fourth-order valence-corrected chi connectivity index (χ4v) is 5.04. The highest BCUT2D eigenvalue weighted by molar-refractivity contribution is 8.00. The van der Waals surface area contributed by atoms with Gasteiger partial charge in [-0.3, -0.25) is 14.4 Å². The van der Waals surface area contributed by atoms with Gasteiger partial charge in [0.1, 0.15) is 0 Å². The van der Waals surface area contributed by atoms with Crippen LogP contribution in [0, 0.1) is 11.8 Å². The average Bonchev–Trinajstić information content (AvgIpc) is 2.83. The number of fused-ring (bicyclic) bond motifs is 1. The molecule has 2 aromatic carbocycles. The summed E-state index contributed by atoms with van der Waals surface area (Å²) in [6.07, 6.45) is 6.46. The number of carbonyl (C=O) groups excluding carboxylic acids is 2. The largest absolute Gasteiger partial charge is 0.481 e. The van der Waals surface area contributed by atoms with Crippen molar-refractivity contribution in [3.8, 4) is 0 Å². The quantitative estimate of drug-likeness (QED) is 0.504. The number of anilines is 2. The molecule has 0 saturated heterocycles. The van der Waals surface area contributed by atoms with Crippen LogP contribution in [0.5, 0.6) is 0 Å². The number of carboxylic acids is 1. The second kappa shape index (κ2) is 10.0. The minimum Gasteiger partial charge on any atom is -0.481 e. The molecule has 0 bridgehead atoms. The standard InChI is InChI=1S/C25H26N2O4S/c28-23(27-15-5-7-17-6-1-4-10-22(17)27)16-32-19-13-11-18(12-14-19)26-24(29)20-8-2-3-9-21(20)25(30)31/h1-4,6,10-14,20-21H,5,7-9,15-16H2,(H,26,29)(H,30,31). The summed E-state index contributed by atoms with van der Waals surface area (Å²) in [7, 11) is 0.